The van der Waals surface area contributed by atoms with E-state index in [4.69, 9.17) is 14.5 Å². The highest BCUT2D eigenvalue weighted by molar-refractivity contribution is 7.22. The number of aryl methyl sites for hydroxylation is 2. The lowest BCUT2D eigenvalue weighted by Crippen LogP contribution is -2.41. The first-order valence-corrected chi connectivity index (χ1v) is 13.0. The second-order valence-electron chi connectivity index (χ2n) is 10.1. The molecule has 1 saturated carbocycles. The van der Waals surface area contributed by atoms with Crippen molar-refractivity contribution in [2.75, 3.05) is 12.0 Å². The Morgan fingerprint density at radius 1 is 1.11 bits per heavy atom. The predicted molar refractivity (Wildman–Crippen MR) is 136 cm³/mol. The van der Waals surface area contributed by atoms with E-state index in [1.54, 1.807) is 12.0 Å². The van der Waals surface area contributed by atoms with Crippen molar-refractivity contribution < 1.29 is 19.1 Å². The van der Waals surface area contributed by atoms with Crippen LogP contribution in [0.2, 0.25) is 0 Å². The predicted octanol–water partition coefficient (Wildman–Crippen LogP) is 5.67. The molecule has 0 spiro atoms. The van der Waals surface area contributed by atoms with Gasteiger partial charge in [-0.1, -0.05) is 36.5 Å². The number of thiazole rings is 1. The van der Waals surface area contributed by atoms with Crippen molar-refractivity contribution in [3.05, 3.63) is 64.4 Å². The molecule has 0 bridgehead atoms. The molecule has 6 rings (SSSR count). The molecule has 3 heterocycles. The molecule has 2 aromatic carbocycles. The number of hydrogen-bond acceptors (Lipinski definition) is 6. The molecule has 4 atom stereocenters. The molecule has 1 aliphatic carbocycles. The van der Waals surface area contributed by atoms with Gasteiger partial charge in [0.1, 0.15) is 11.9 Å². The summed E-state index contributed by atoms with van der Waals surface area (Å²) in [4.78, 5) is 34.4. The van der Waals surface area contributed by atoms with Crippen molar-refractivity contribution in [2.24, 2.45) is 11.8 Å². The maximum absolute atomic E-state index is 13.9. The van der Waals surface area contributed by atoms with Crippen molar-refractivity contribution >= 4 is 38.4 Å². The van der Waals surface area contributed by atoms with E-state index in [-0.39, 0.29) is 29.5 Å². The minimum atomic E-state index is -0.573. The van der Waals surface area contributed by atoms with Crippen LogP contribution in [-0.4, -0.2) is 29.9 Å². The fourth-order valence-corrected chi connectivity index (χ4v) is 7.01. The molecule has 2 aliphatic heterocycles. The van der Waals surface area contributed by atoms with Gasteiger partial charge in [-0.3, -0.25) is 14.5 Å². The fraction of sp³-hybridized carbons (Fsp3) is 0.393. The molecule has 35 heavy (non-hydrogen) atoms. The third-order valence-electron chi connectivity index (χ3n) is 7.57. The van der Waals surface area contributed by atoms with Crippen molar-refractivity contribution in [1.29, 1.82) is 0 Å². The van der Waals surface area contributed by atoms with Gasteiger partial charge in [-0.15, -0.1) is 0 Å². The standard InChI is InChI=1S/C28H28N2O4S/c1-14-5-10-20-19(12-14)25(31)22-24(17-6-8-18(33-4)9-7-17)30(27(32)26(22)34-20)28-29-23-16(3)11-15(2)13-21(23)35-28/h6-9,11,13-14,19-20,24H,5,10,12H2,1-4H3. The molecule has 6 nitrogen and oxygen atoms in total. The van der Waals surface area contributed by atoms with Gasteiger partial charge >= 0.3 is 0 Å². The highest BCUT2D eigenvalue weighted by atomic mass is 32.1. The highest BCUT2D eigenvalue weighted by Crippen LogP contribution is 2.50. The fourth-order valence-electron chi connectivity index (χ4n) is 5.84. The summed E-state index contributed by atoms with van der Waals surface area (Å²) >= 11 is 1.48. The summed E-state index contributed by atoms with van der Waals surface area (Å²) in [5, 5.41) is 0.585. The third kappa shape index (κ3) is 3.47. The van der Waals surface area contributed by atoms with Gasteiger partial charge in [0.15, 0.2) is 16.7 Å². The van der Waals surface area contributed by atoms with Crippen molar-refractivity contribution in [2.45, 2.75) is 52.2 Å². The monoisotopic (exact) mass is 488 g/mol. The van der Waals surface area contributed by atoms with Gasteiger partial charge < -0.3 is 9.47 Å². The quantitative estimate of drug-likeness (QED) is 0.475. The molecule has 0 radical (unpaired) electrons. The summed E-state index contributed by atoms with van der Waals surface area (Å²) in [5.74, 6) is 0.962. The summed E-state index contributed by atoms with van der Waals surface area (Å²) in [5.41, 5.74) is 4.42. The lowest BCUT2D eigenvalue weighted by Gasteiger charge is -2.37. The molecule has 3 aliphatic rings. The third-order valence-corrected chi connectivity index (χ3v) is 8.57. The summed E-state index contributed by atoms with van der Waals surface area (Å²) in [6, 6.07) is 11.2. The van der Waals surface area contributed by atoms with E-state index in [2.05, 4.69) is 26.0 Å². The number of methoxy groups -OCH3 is 1. The second-order valence-corrected chi connectivity index (χ2v) is 11.1. The smallest absolute Gasteiger partial charge is 0.296 e. The van der Waals surface area contributed by atoms with Gasteiger partial charge in [0, 0.05) is 0 Å². The number of anilines is 1. The molecule has 1 aromatic heterocycles. The van der Waals surface area contributed by atoms with E-state index in [1.165, 1.54) is 11.3 Å². The molecule has 1 fully saturated rings. The minimum Gasteiger partial charge on any atom is -0.497 e. The van der Waals surface area contributed by atoms with E-state index in [1.807, 2.05) is 31.2 Å². The molecular formula is C28H28N2O4S. The number of ketones is 1. The average molecular weight is 489 g/mol. The van der Waals surface area contributed by atoms with Gasteiger partial charge in [0.25, 0.3) is 5.91 Å². The van der Waals surface area contributed by atoms with Crippen molar-refractivity contribution in [3.8, 4) is 5.75 Å². The Hall–Kier alpha value is -3.19. The number of carbonyl (C=O) groups is 2. The van der Waals surface area contributed by atoms with Crippen LogP contribution in [0.4, 0.5) is 5.13 Å². The molecule has 180 valence electrons. The number of aromatic nitrogens is 1. The zero-order valence-corrected chi connectivity index (χ0v) is 21.1. The van der Waals surface area contributed by atoms with Crippen LogP contribution in [0, 0.1) is 25.7 Å². The van der Waals surface area contributed by atoms with Crippen molar-refractivity contribution in [1.82, 2.24) is 4.98 Å². The van der Waals surface area contributed by atoms with Crippen LogP contribution in [0.15, 0.2) is 47.7 Å². The van der Waals surface area contributed by atoms with Gasteiger partial charge in [0.05, 0.1) is 34.9 Å². The number of ether oxygens (including phenoxy) is 2. The molecule has 7 heteroatoms. The number of carbonyl (C=O) groups excluding carboxylic acids is 2. The largest absolute Gasteiger partial charge is 0.497 e. The van der Waals surface area contributed by atoms with Crippen LogP contribution < -0.4 is 9.64 Å². The number of hydrogen-bond donors (Lipinski definition) is 0. The zero-order chi connectivity index (χ0) is 24.4. The van der Waals surface area contributed by atoms with E-state index < -0.39 is 6.04 Å². The minimum absolute atomic E-state index is 0.0487. The molecule has 4 unspecified atom stereocenters. The molecule has 1 amide bonds. The van der Waals surface area contributed by atoms with Crippen LogP contribution in [0.1, 0.15) is 48.9 Å². The first kappa shape index (κ1) is 22.3. The first-order chi connectivity index (χ1) is 16.9. The molecular weight excluding hydrogens is 460 g/mol. The van der Waals surface area contributed by atoms with Crippen LogP contribution in [-0.2, 0) is 14.3 Å². The van der Waals surface area contributed by atoms with Gasteiger partial charge in [-0.25, -0.2) is 4.98 Å². The number of benzene rings is 2. The number of amides is 1. The Morgan fingerprint density at radius 3 is 2.63 bits per heavy atom. The Morgan fingerprint density at radius 2 is 1.89 bits per heavy atom. The number of rotatable bonds is 3. The number of Topliss-reactive ketones (excluding diaryl/α,β-unsaturated/α-hetero) is 1. The van der Waals surface area contributed by atoms with Gasteiger partial charge in [0.2, 0.25) is 0 Å². The number of fused-ring (bicyclic) bond motifs is 2. The summed E-state index contributed by atoms with van der Waals surface area (Å²) < 4.78 is 12.7. The Kier molecular flexibility index (Phi) is 5.22. The van der Waals surface area contributed by atoms with E-state index in [0.29, 0.717) is 16.6 Å². The highest BCUT2D eigenvalue weighted by Gasteiger charge is 2.53. The molecule has 0 N–H and O–H groups in total. The Labute approximate surface area is 208 Å². The summed E-state index contributed by atoms with van der Waals surface area (Å²) in [6.07, 6.45) is 2.38. The van der Waals surface area contributed by atoms with Crippen LogP contribution in [0.25, 0.3) is 10.2 Å². The van der Waals surface area contributed by atoms with Crippen LogP contribution in [0.5, 0.6) is 5.75 Å². The van der Waals surface area contributed by atoms with E-state index in [9.17, 15) is 9.59 Å². The first-order valence-electron chi connectivity index (χ1n) is 12.2. The Bertz CT molecular complexity index is 1390. The lowest BCUT2D eigenvalue weighted by atomic mass is 9.74. The molecule has 3 aromatic rings. The topological polar surface area (TPSA) is 68.7 Å². The van der Waals surface area contributed by atoms with Gasteiger partial charge in [-0.2, -0.15) is 0 Å². The number of nitrogens with zero attached hydrogens (tertiary/aromatic N) is 2. The second kappa shape index (κ2) is 8.19. The maximum atomic E-state index is 13.9. The zero-order valence-electron chi connectivity index (χ0n) is 20.3. The SMILES string of the molecule is COc1ccc(C2C3=C(OC4CCC(C)CC4C3=O)C(=O)N2c2nc3c(C)cc(C)cc3s2)cc1. The van der Waals surface area contributed by atoms with Gasteiger partial charge in [-0.05, 0) is 73.9 Å². The average Bonchev–Trinajstić information content (AvgIpc) is 3.39. The Balaban J connectivity index is 1.51. The normalized spacial score (nSPS) is 26.1. The summed E-state index contributed by atoms with van der Waals surface area (Å²) in [7, 11) is 1.62. The molecule has 0 saturated heterocycles. The maximum Gasteiger partial charge on any atom is 0.296 e. The van der Waals surface area contributed by atoms with Crippen LogP contribution >= 0.6 is 11.3 Å². The van der Waals surface area contributed by atoms with E-state index >= 15 is 0 Å². The lowest BCUT2D eigenvalue weighted by molar-refractivity contribution is -0.132. The summed E-state index contributed by atoms with van der Waals surface area (Å²) in [6.45, 7) is 6.28. The van der Waals surface area contributed by atoms with E-state index in [0.717, 1.165) is 51.9 Å². The van der Waals surface area contributed by atoms with Crippen LogP contribution in [0.3, 0.4) is 0 Å². The van der Waals surface area contributed by atoms with Crippen molar-refractivity contribution in [3.63, 3.8) is 0 Å².